The van der Waals surface area contributed by atoms with E-state index in [2.05, 4.69) is 32.8 Å². The monoisotopic (exact) mass is 405 g/mol. The molecule has 0 aliphatic carbocycles. The Morgan fingerprint density at radius 2 is 1.64 bits per heavy atom. The molecular weight excluding hydrogens is 397 g/mol. The second-order valence-corrected chi connectivity index (χ2v) is 7.37. The Hall–Kier alpha value is -1.85. The van der Waals surface area contributed by atoms with Crippen molar-refractivity contribution in [3.63, 3.8) is 0 Å². The van der Waals surface area contributed by atoms with Crippen molar-refractivity contribution in [2.24, 2.45) is 0 Å². The van der Waals surface area contributed by atoms with Gasteiger partial charge in [-0.05, 0) is 17.7 Å². The lowest BCUT2D eigenvalue weighted by Gasteiger charge is -2.11. The molecule has 0 radical (unpaired) electrons. The summed E-state index contributed by atoms with van der Waals surface area (Å²) in [5.74, 6) is 0.672. The molecule has 0 aliphatic heterocycles. The second-order valence-electron chi connectivity index (χ2n) is 5.29. The van der Waals surface area contributed by atoms with Crippen molar-refractivity contribution in [2.45, 2.75) is 0 Å². The fourth-order valence-corrected chi connectivity index (χ4v) is 4.06. The number of fused-ring (bicyclic) bond motifs is 1. The number of nitrogens with one attached hydrogen (secondary N) is 1. The third-order valence-corrected chi connectivity index (χ3v) is 5.64. The lowest BCUT2D eigenvalue weighted by Crippen LogP contribution is -1.96. The van der Waals surface area contributed by atoms with Crippen LogP contribution in [0, 0.1) is 0 Å². The molecule has 0 bridgehead atoms. The Balaban J connectivity index is 1.86. The van der Waals surface area contributed by atoms with Crippen LogP contribution in [0.5, 0.6) is 0 Å². The predicted molar refractivity (Wildman–Crippen MR) is 108 cm³/mol. The highest BCUT2D eigenvalue weighted by Gasteiger charge is 2.15. The molecule has 0 aliphatic rings. The van der Waals surface area contributed by atoms with Crippen molar-refractivity contribution in [1.82, 2.24) is 9.97 Å². The second kappa shape index (κ2) is 6.81. The number of nitrogens with zero attached hydrogens (tertiary/aromatic N) is 2. The van der Waals surface area contributed by atoms with Crippen molar-refractivity contribution in [2.75, 3.05) is 5.32 Å². The minimum Gasteiger partial charge on any atom is -0.338 e. The van der Waals surface area contributed by atoms with E-state index in [0.29, 0.717) is 26.6 Å². The molecular formula is C18H10Cl3N3S. The minimum atomic E-state index is 0.408. The van der Waals surface area contributed by atoms with Crippen LogP contribution in [-0.2, 0) is 0 Å². The number of aromatic nitrogens is 2. The summed E-state index contributed by atoms with van der Waals surface area (Å²) >= 11 is 20.0. The van der Waals surface area contributed by atoms with Crippen LogP contribution in [0.1, 0.15) is 0 Å². The fourth-order valence-electron chi connectivity index (χ4n) is 2.55. The van der Waals surface area contributed by atoms with Gasteiger partial charge >= 0.3 is 0 Å². The van der Waals surface area contributed by atoms with Gasteiger partial charge in [-0.2, -0.15) is 0 Å². The first-order valence-corrected chi connectivity index (χ1v) is 9.34. The van der Waals surface area contributed by atoms with Gasteiger partial charge in [-0.25, -0.2) is 9.97 Å². The van der Waals surface area contributed by atoms with Crippen molar-refractivity contribution in [1.29, 1.82) is 0 Å². The first-order valence-electron chi connectivity index (χ1n) is 7.32. The van der Waals surface area contributed by atoms with Crippen molar-refractivity contribution in [3.8, 4) is 11.1 Å². The van der Waals surface area contributed by atoms with E-state index in [-0.39, 0.29) is 0 Å². The fraction of sp³-hybridized carbons (Fsp3) is 0. The van der Waals surface area contributed by atoms with Crippen LogP contribution in [0.3, 0.4) is 0 Å². The lowest BCUT2D eigenvalue weighted by atomic mass is 10.1. The van der Waals surface area contributed by atoms with Gasteiger partial charge in [0.15, 0.2) is 0 Å². The number of hydrogen-bond acceptors (Lipinski definition) is 4. The number of thiophene rings is 1. The van der Waals surface area contributed by atoms with Crippen molar-refractivity contribution >= 4 is 67.9 Å². The van der Waals surface area contributed by atoms with Gasteiger partial charge in [0.05, 0.1) is 26.1 Å². The van der Waals surface area contributed by atoms with Crippen LogP contribution in [0.25, 0.3) is 21.3 Å². The van der Waals surface area contributed by atoms with Crippen molar-refractivity contribution < 1.29 is 0 Å². The molecule has 0 amide bonds. The number of rotatable bonds is 3. The van der Waals surface area contributed by atoms with Crippen LogP contribution in [-0.4, -0.2) is 9.97 Å². The van der Waals surface area contributed by atoms with E-state index in [9.17, 15) is 0 Å². The third kappa shape index (κ3) is 3.18. The molecule has 0 saturated carbocycles. The normalized spacial score (nSPS) is 11.0. The summed E-state index contributed by atoms with van der Waals surface area (Å²) < 4.78 is 0. The van der Waals surface area contributed by atoms with Gasteiger partial charge in [0, 0.05) is 10.9 Å². The maximum Gasteiger partial charge on any atom is 0.143 e. The molecule has 0 saturated heterocycles. The predicted octanol–water partition coefficient (Wildman–Crippen LogP) is 7.06. The maximum absolute atomic E-state index is 6.29. The molecule has 25 heavy (non-hydrogen) atoms. The first-order chi connectivity index (χ1) is 12.1. The first kappa shape index (κ1) is 16.6. The van der Waals surface area contributed by atoms with E-state index in [0.717, 1.165) is 21.3 Å². The maximum atomic E-state index is 6.29. The highest BCUT2D eigenvalue weighted by atomic mass is 35.5. The van der Waals surface area contributed by atoms with Gasteiger partial charge in [-0.15, -0.1) is 11.3 Å². The van der Waals surface area contributed by atoms with Gasteiger partial charge in [0.25, 0.3) is 0 Å². The largest absolute Gasteiger partial charge is 0.338 e. The van der Waals surface area contributed by atoms with Crippen LogP contribution in [0.4, 0.5) is 11.5 Å². The Bertz CT molecular complexity index is 1060. The summed E-state index contributed by atoms with van der Waals surface area (Å²) in [5, 5.41) is 7.59. The van der Waals surface area contributed by atoms with Crippen LogP contribution < -0.4 is 5.32 Å². The van der Waals surface area contributed by atoms with E-state index >= 15 is 0 Å². The molecule has 2 aromatic heterocycles. The molecule has 3 nitrogen and oxygen atoms in total. The highest BCUT2D eigenvalue weighted by molar-refractivity contribution is 7.17. The summed E-state index contributed by atoms with van der Waals surface area (Å²) in [5.41, 5.74) is 2.81. The number of benzene rings is 2. The molecule has 0 fully saturated rings. The zero-order valence-corrected chi connectivity index (χ0v) is 15.7. The molecule has 2 aromatic carbocycles. The summed E-state index contributed by atoms with van der Waals surface area (Å²) in [6, 6.07) is 13.4. The van der Waals surface area contributed by atoms with Crippen LogP contribution in [0.2, 0.25) is 15.1 Å². The highest BCUT2D eigenvalue weighted by Crippen LogP contribution is 2.39. The van der Waals surface area contributed by atoms with Crippen LogP contribution >= 0.6 is 46.1 Å². The number of hydrogen-bond donors (Lipinski definition) is 1. The average molecular weight is 407 g/mol. The van der Waals surface area contributed by atoms with E-state index < -0.39 is 0 Å². The Morgan fingerprint density at radius 3 is 2.44 bits per heavy atom. The molecule has 7 heteroatoms. The minimum absolute atomic E-state index is 0.408. The third-order valence-electron chi connectivity index (χ3n) is 3.72. The molecule has 0 spiro atoms. The van der Waals surface area contributed by atoms with E-state index in [1.165, 1.54) is 6.33 Å². The van der Waals surface area contributed by atoms with E-state index in [1.54, 1.807) is 23.5 Å². The Labute approximate surface area is 163 Å². The van der Waals surface area contributed by atoms with Gasteiger partial charge in [0.2, 0.25) is 0 Å². The quantitative estimate of drug-likeness (QED) is 0.370. The molecule has 124 valence electrons. The topological polar surface area (TPSA) is 37.8 Å². The molecule has 4 rings (SSSR count). The molecule has 0 atom stereocenters. The zero-order valence-electron chi connectivity index (χ0n) is 12.6. The van der Waals surface area contributed by atoms with E-state index in [4.69, 9.17) is 34.8 Å². The summed E-state index contributed by atoms with van der Waals surface area (Å²) in [7, 11) is 0. The van der Waals surface area contributed by atoms with Crippen molar-refractivity contribution in [3.05, 3.63) is 69.2 Å². The summed E-state index contributed by atoms with van der Waals surface area (Å²) in [6.45, 7) is 0. The summed E-state index contributed by atoms with van der Waals surface area (Å²) in [6.07, 6.45) is 1.53. The number of anilines is 2. The SMILES string of the molecule is Clc1cc(Cl)c(Nc2ncnc3scc(-c4ccccc4)c23)cc1Cl. The standard InChI is InChI=1S/C18H10Cl3N3S/c19-12-6-14(21)15(7-13(12)20)24-17-16-11(10-4-2-1-3-5-10)8-25-18(16)23-9-22-17/h1-9H,(H,22,23,24). The number of halogens is 3. The van der Waals surface area contributed by atoms with Gasteiger partial charge in [-0.1, -0.05) is 65.1 Å². The average Bonchev–Trinajstić information content (AvgIpc) is 3.05. The molecule has 4 aromatic rings. The smallest absolute Gasteiger partial charge is 0.143 e. The summed E-state index contributed by atoms with van der Waals surface area (Å²) in [4.78, 5) is 9.67. The lowest BCUT2D eigenvalue weighted by molar-refractivity contribution is 1.23. The van der Waals surface area contributed by atoms with Gasteiger partial charge in [0.1, 0.15) is 17.0 Å². The Kier molecular flexibility index (Phi) is 4.52. The van der Waals surface area contributed by atoms with Gasteiger partial charge < -0.3 is 5.32 Å². The molecule has 0 unspecified atom stereocenters. The van der Waals surface area contributed by atoms with Crippen LogP contribution in [0.15, 0.2) is 54.2 Å². The molecule has 1 N–H and O–H groups in total. The van der Waals surface area contributed by atoms with Gasteiger partial charge in [-0.3, -0.25) is 0 Å². The molecule has 2 heterocycles. The Morgan fingerprint density at radius 1 is 0.880 bits per heavy atom. The van der Waals surface area contributed by atoms with E-state index in [1.807, 2.05) is 18.2 Å². The zero-order chi connectivity index (χ0) is 17.4.